The molecule has 0 aromatic heterocycles. The van der Waals surface area contributed by atoms with Crippen LogP contribution in [0.1, 0.15) is 25.7 Å². The first-order valence-electron chi connectivity index (χ1n) is 17.9. The highest BCUT2D eigenvalue weighted by Crippen LogP contribution is 2.38. The summed E-state index contributed by atoms with van der Waals surface area (Å²) in [5.41, 5.74) is 25.2. The SMILES string of the molecule is NC1[C@H](O)CC(CO)[C@@H](O[C@@H]2CC(COCCO)[C@@H](O[C@@H]3CC(CO)[C@@H](O[C@@H]4CC(COCCO)[C@@H](O)[C@H](O)C4N)[C@H](O)C3N)[C@H](O)C2N)[C@@H]1O. The van der Waals surface area contributed by atoms with Gasteiger partial charge in [-0.15, -0.1) is 0 Å². The summed E-state index contributed by atoms with van der Waals surface area (Å²) in [4.78, 5) is 0. The number of hydrogen-bond donors (Lipinski definition) is 14. The highest BCUT2D eigenvalue weighted by molar-refractivity contribution is 5.04. The van der Waals surface area contributed by atoms with Crippen molar-refractivity contribution in [3.63, 3.8) is 0 Å². The molecule has 19 heteroatoms. The van der Waals surface area contributed by atoms with Gasteiger partial charge in [-0.25, -0.2) is 0 Å². The van der Waals surface area contributed by atoms with Gasteiger partial charge in [0, 0.05) is 36.9 Å². The van der Waals surface area contributed by atoms with E-state index in [0.29, 0.717) is 0 Å². The number of rotatable bonds is 16. The average Bonchev–Trinajstić information content (AvgIpc) is 3.12. The quantitative estimate of drug-likeness (QED) is 0.0653. The third-order valence-electron chi connectivity index (χ3n) is 11.3. The highest BCUT2D eigenvalue weighted by Gasteiger charge is 2.52. The van der Waals surface area contributed by atoms with Crippen LogP contribution in [0.2, 0.25) is 0 Å². The molecule has 4 fully saturated rings. The van der Waals surface area contributed by atoms with Crippen molar-refractivity contribution < 1.29 is 74.7 Å². The van der Waals surface area contributed by atoms with E-state index in [1.54, 1.807) is 0 Å². The van der Waals surface area contributed by atoms with Crippen molar-refractivity contribution >= 4 is 0 Å². The summed E-state index contributed by atoms with van der Waals surface area (Å²) in [5, 5.41) is 104. The highest BCUT2D eigenvalue weighted by atomic mass is 16.5. The molecular weight excluding hydrogens is 680 g/mol. The Balaban J connectivity index is 1.47. The largest absolute Gasteiger partial charge is 0.396 e. The molecule has 20 atom stereocenters. The van der Waals surface area contributed by atoms with Crippen LogP contribution in [-0.2, 0) is 23.7 Å². The lowest BCUT2D eigenvalue weighted by Gasteiger charge is -2.50. The second-order valence-electron chi connectivity index (χ2n) is 14.7. The van der Waals surface area contributed by atoms with Crippen LogP contribution < -0.4 is 22.9 Å². The van der Waals surface area contributed by atoms with Gasteiger partial charge < -0.3 is 97.7 Å². The van der Waals surface area contributed by atoms with Gasteiger partial charge in [-0.05, 0) is 25.7 Å². The summed E-state index contributed by atoms with van der Waals surface area (Å²) >= 11 is 0. The number of nitrogens with two attached hydrogens (primary N) is 4. The standard InChI is InChI=1S/C32H62N4O15/c33-21-17(41)5-13(9-39)30(27(21)44)50-20-8-16(12-48-4-2-38)32(29(46)24(20)36)51-18-6-14(10-40)31(28(45)23(18)35)49-19-7-15(11-47-3-1-37)25(42)26(43)22(19)34/h13-32,37-46H,1-12,33-36H2/t13?,14?,15?,16?,17-,18-,19-,20-,21?,22?,23?,24?,25-,26-,27-,28-,29-,30-,31-,32-/m1/s1. The van der Waals surface area contributed by atoms with Crippen molar-refractivity contribution in [1.82, 2.24) is 0 Å². The van der Waals surface area contributed by atoms with Gasteiger partial charge in [0.1, 0.15) is 0 Å². The molecule has 0 aromatic rings. The van der Waals surface area contributed by atoms with Crippen LogP contribution in [0, 0.1) is 23.7 Å². The second-order valence-corrected chi connectivity index (χ2v) is 14.7. The number of ether oxygens (including phenoxy) is 5. The van der Waals surface area contributed by atoms with Crippen molar-refractivity contribution in [3.8, 4) is 0 Å². The molecule has 8 unspecified atom stereocenters. The second kappa shape index (κ2) is 19.7. The fraction of sp³-hybridized carbons (Fsp3) is 1.00. The molecule has 4 rings (SSSR count). The lowest BCUT2D eigenvalue weighted by atomic mass is 9.76. The molecule has 4 saturated carbocycles. The molecule has 0 radical (unpaired) electrons. The van der Waals surface area contributed by atoms with E-state index in [1.807, 2.05) is 0 Å². The van der Waals surface area contributed by atoms with Gasteiger partial charge in [-0.3, -0.25) is 0 Å². The first-order valence-corrected chi connectivity index (χ1v) is 17.9. The fourth-order valence-corrected chi connectivity index (χ4v) is 8.17. The van der Waals surface area contributed by atoms with Crippen LogP contribution >= 0.6 is 0 Å². The Kier molecular flexibility index (Phi) is 16.6. The third-order valence-corrected chi connectivity index (χ3v) is 11.3. The summed E-state index contributed by atoms with van der Waals surface area (Å²) in [6.07, 6.45) is -12.8. The normalized spacial score (nSPS) is 48.1. The number of aliphatic hydroxyl groups is 10. The average molecular weight is 743 g/mol. The van der Waals surface area contributed by atoms with E-state index >= 15 is 0 Å². The molecule has 18 N–H and O–H groups in total. The molecule has 19 nitrogen and oxygen atoms in total. The molecule has 0 bridgehead atoms. The molecule has 0 aromatic carbocycles. The molecule has 0 saturated heterocycles. The molecule has 4 aliphatic carbocycles. The number of hydrogen-bond acceptors (Lipinski definition) is 19. The minimum atomic E-state index is -1.39. The van der Waals surface area contributed by atoms with Gasteiger partial charge in [0.2, 0.25) is 0 Å². The summed E-state index contributed by atoms with van der Waals surface area (Å²) in [6.45, 7) is -1.25. The summed E-state index contributed by atoms with van der Waals surface area (Å²) in [5.74, 6) is -2.54. The monoisotopic (exact) mass is 742 g/mol. The number of aliphatic hydroxyl groups excluding tert-OH is 10. The zero-order valence-corrected chi connectivity index (χ0v) is 28.9. The van der Waals surface area contributed by atoms with E-state index in [9.17, 15) is 46.0 Å². The van der Waals surface area contributed by atoms with Crippen LogP contribution in [0.5, 0.6) is 0 Å². The van der Waals surface area contributed by atoms with Gasteiger partial charge in [0.15, 0.2) is 0 Å². The Bertz CT molecular complexity index is 1020. The smallest absolute Gasteiger partial charge is 0.0981 e. The predicted molar refractivity (Wildman–Crippen MR) is 176 cm³/mol. The minimum absolute atomic E-state index is 0.000349. The summed E-state index contributed by atoms with van der Waals surface area (Å²) < 4.78 is 29.9. The lowest BCUT2D eigenvalue weighted by Crippen LogP contribution is -2.67. The first kappa shape index (κ1) is 43.0. The van der Waals surface area contributed by atoms with E-state index in [4.69, 9.17) is 51.7 Å². The van der Waals surface area contributed by atoms with Gasteiger partial charge in [-0.1, -0.05) is 0 Å². The summed E-state index contributed by atoms with van der Waals surface area (Å²) in [6, 6.07) is -4.18. The molecule has 300 valence electrons. The maximum absolute atomic E-state index is 11.5. The Labute approximate surface area is 297 Å². The Morgan fingerprint density at radius 2 is 0.804 bits per heavy atom. The van der Waals surface area contributed by atoms with Crippen molar-refractivity contribution in [2.24, 2.45) is 46.6 Å². The van der Waals surface area contributed by atoms with Crippen LogP contribution in [0.3, 0.4) is 0 Å². The van der Waals surface area contributed by atoms with Crippen molar-refractivity contribution in [2.75, 3.05) is 52.9 Å². The van der Waals surface area contributed by atoms with Gasteiger partial charge in [0.25, 0.3) is 0 Å². The zero-order chi connectivity index (χ0) is 37.6. The predicted octanol–water partition coefficient (Wildman–Crippen LogP) is -7.20. The molecule has 4 aliphatic rings. The zero-order valence-electron chi connectivity index (χ0n) is 28.9. The molecule has 51 heavy (non-hydrogen) atoms. The molecule has 0 heterocycles. The van der Waals surface area contributed by atoms with E-state index in [-0.39, 0.29) is 65.3 Å². The van der Waals surface area contributed by atoms with Crippen LogP contribution in [-0.4, -0.2) is 201 Å². The third kappa shape index (κ3) is 9.92. The van der Waals surface area contributed by atoms with Gasteiger partial charge >= 0.3 is 0 Å². The van der Waals surface area contributed by atoms with Crippen molar-refractivity contribution in [3.05, 3.63) is 0 Å². The van der Waals surface area contributed by atoms with Crippen LogP contribution in [0.25, 0.3) is 0 Å². The van der Waals surface area contributed by atoms with Crippen LogP contribution in [0.4, 0.5) is 0 Å². The molecular formula is C32H62N4O15. The Morgan fingerprint density at radius 1 is 0.431 bits per heavy atom. The topological polar surface area (TPSA) is 353 Å². The van der Waals surface area contributed by atoms with E-state index in [1.165, 1.54) is 0 Å². The maximum atomic E-state index is 11.5. The Hall–Kier alpha value is -0.760. The first-order chi connectivity index (χ1) is 24.3. The van der Waals surface area contributed by atoms with E-state index in [2.05, 4.69) is 0 Å². The minimum Gasteiger partial charge on any atom is -0.396 e. The lowest BCUT2D eigenvalue weighted by molar-refractivity contribution is -0.228. The van der Waals surface area contributed by atoms with Crippen LogP contribution in [0.15, 0.2) is 0 Å². The van der Waals surface area contributed by atoms with Gasteiger partial charge in [-0.2, -0.15) is 0 Å². The Morgan fingerprint density at radius 3 is 1.27 bits per heavy atom. The molecule has 0 amide bonds. The van der Waals surface area contributed by atoms with Crippen molar-refractivity contribution in [2.45, 2.75) is 123 Å². The van der Waals surface area contributed by atoms with Crippen molar-refractivity contribution in [1.29, 1.82) is 0 Å². The van der Waals surface area contributed by atoms with E-state index < -0.39 is 134 Å². The molecule has 0 aliphatic heterocycles. The molecule has 0 spiro atoms. The van der Waals surface area contributed by atoms with E-state index in [0.717, 1.165) is 0 Å². The van der Waals surface area contributed by atoms with Gasteiger partial charge in [0.05, 0.1) is 137 Å². The maximum Gasteiger partial charge on any atom is 0.0981 e. The fourth-order valence-electron chi connectivity index (χ4n) is 8.17. The summed E-state index contributed by atoms with van der Waals surface area (Å²) in [7, 11) is 0.